The van der Waals surface area contributed by atoms with Gasteiger partial charge in [0.25, 0.3) is 0 Å². The van der Waals surface area contributed by atoms with Gasteiger partial charge in [-0.15, -0.1) is 0 Å². The highest BCUT2D eigenvalue weighted by Gasteiger charge is 2.36. The Labute approximate surface area is 83.4 Å². The van der Waals surface area contributed by atoms with Crippen LogP contribution in [0.2, 0.25) is 0 Å². The molecule has 0 aliphatic heterocycles. The van der Waals surface area contributed by atoms with E-state index < -0.39 is 6.10 Å². The Kier molecular flexibility index (Phi) is 2.31. The topological polar surface area (TPSA) is 20.2 Å². The van der Waals surface area contributed by atoms with Gasteiger partial charge in [0.15, 0.2) is 0 Å². The van der Waals surface area contributed by atoms with E-state index in [1.165, 1.54) is 0 Å². The molecule has 0 amide bonds. The maximum absolute atomic E-state index is 9.74. The first-order valence-electron chi connectivity index (χ1n) is 4.62. The van der Waals surface area contributed by atoms with Gasteiger partial charge >= 0.3 is 0 Å². The van der Waals surface area contributed by atoms with Gasteiger partial charge in [0.05, 0.1) is 11.1 Å². The number of aliphatic hydroxyl groups is 1. The van der Waals surface area contributed by atoms with Crippen molar-refractivity contribution < 1.29 is 5.11 Å². The van der Waals surface area contributed by atoms with Crippen LogP contribution in [0.15, 0.2) is 34.9 Å². The molecule has 0 aromatic carbocycles. The van der Waals surface area contributed by atoms with E-state index in [2.05, 4.69) is 13.0 Å². The molecule has 2 aliphatic carbocycles. The summed E-state index contributed by atoms with van der Waals surface area (Å²) in [6.45, 7) is 2.05. The third kappa shape index (κ3) is 1.36. The second-order valence-corrected chi connectivity index (χ2v) is 4.14. The van der Waals surface area contributed by atoms with Crippen molar-refractivity contribution in [1.29, 1.82) is 0 Å². The normalized spacial score (nSPS) is 37.9. The maximum atomic E-state index is 9.74. The van der Waals surface area contributed by atoms with Crippen molar-refractivity contribution in [3.8, 4) is 0 Å². The molecule has 2 rings (SSSR count). The zero-order chi connectivity index (χ0) is 9.42. The van der Waals surface area contributed by atoms with Crippen LogP contribution < -0.4 is 0 Å². The van der Waals surface area contributed by atoms with Gasteiger partial charge < -0.3 is 5.11 Å². The highest BCUT2D eigenvalue weighted by Crippen LogP contribution is 2.42. The average molecular weight is 197 g/mol. The molecule has 0 heterocycles. The third-order valence-corrected chi connectivity index (χ3v) is 3.42. The summed E-state index contributed by atoms with van der Waals surface area (Å²) in [6.07, 6.45) is 8.70. The van der Waals surface area contributed by atoms with Crippen LogP contribution in [0.3, 0.4) is 0 Å². The fraction of sp³-hybridized carbons (Fsp3) is 0.455. The van der Waals surface area contributed by atoms with Crippen LogP contribution in [0, 0.1) is 11.8 Å². The summed E-state index contributed by atoms with van der Waals surface area (Å²) in [5, 5.41) is 10.4. The van der Waals surface area contributed by atoms with Crippen molar-refractivity contribution in [2.24, 2.45) is 11.8 Å². The molecule has 70 valence electrons. The largest absolute Gasteiger partial charge is 0.387 e. The van der Waals surface area contributed by atoms with Gasteiger partial charge in [0.2, 0.25) is 0 Å². The lowest BCUT2D eigenvalue weighted by Gasteiger charge is -2.17. The molecule has 0 spiro atoms. The maximum Gasteiger partial charge on any atom is 0.0929 e. The van der Waals surface area contributed by atoms with Crippen molar-refractivity contribution in [3.63, 3.8) is 0 Å². The minimum atomic E-state index is -0.460. The molecular formula is C11H13ClO. The zero-order valence-corrected chi connectivity index (χ0v) is 8.33. The van der Waals surface area contributed by atoms with E-state index in [-0.39, 0.29) is 5.92 Å². The zero-order valence-electron chi connectivity index (χ0n) is 7.57. The van der Waals surface area contributed by atoms with E-state index in [1.807, 2.05) is 18.2 Å². The van der Waals surface area contributed by atoms with Gasteiger partial charge in [0, 0.05) is 0 Å². The van der Waals surface area contributed by atoms with E-state index in [0.717, 1.165) is 12.0 Å². The van der Waals surface area contributed by atoms with Crippen molar-refractivity contribution in [3.05, 3.63) is 34.9 Å². The number of rotatable bonds is 0. The summed E-state index contributed by atoms with van der Waals surface area (Å²) in [6, 6.07) is 0. The lowest BCUT2D eigenvalue weighted by Crippen LogP contribution is -2.17. The Morgan fingerprint density at radius 3 is 3.00 bits per heavy atom. The average Bonchev–Trinajstić information content (AvgIpc) is 2.40. The Balaban J connectivity index is 2.39. The Morgan fingerprint density at radius 2 is 2.23 bits per heavy atom. The molecule has 2 heteroatoms. The molecule has 0 aromatic rings. The van der Waals surface area contributed by atoms with Crippen LogP contribution in [0.25, 0.3) is 0 Å². The molecule has 2 aliphatic rings. The minimum Gasteiger partial charge on any atom is -0.387 e. The van der Waals surface area contributed by atoms with Crippen molar-refractivity contribution in [2.75, 3.05) is 0 Å². The van der Waals surface area contributed by atoms with Gasteiger partial charge in [-0.05, 0) is 23.8 Å². The summed E-state index contributed by atoms with van der Waals surface area (Å²) >= 11 is 6.05. The molecule has 1 nitrogen and oxygen atoms in total. The predicted octanol–water partition coefficient (Wildman–Crippen LogP) is 2.62. The first-order valence-corrected chi connectivity index (χ1v) is 5.00. The number of hydrogen-bond donors (Lipinski definition) is 1. The van der Waals surface area contributed by atoms with E-state index in [9.17, 15) is 5.11 Å². The monoisotopic (exact) mass is 196 g/mol. The van der Waals surface area contributed by atoms with Crippen LogP contribution in [0.1, 0.15) is 13.3 Å². The number of allylic oxidation sites excluding steroid dienone is 5. The Hall–Kier alpha value is -0.530. The molecule has 0 saturated heterocycles. The van der Waals surface area contributed by atoms with Crippen LogP contribution in [0.5, 0.6) is 0 Å². The van der Waals surface area contributed by atoms with Crippen LogP contribution in [-0.4, -0.2) is 11.2 Å². The standard InChI is InChI=1S/C11H13ClO/c1-7-8-5-3-2-4-6-9(8)10(12)11(7)13/h2-4,6-8,11,13H,5H2,1H3. The fourth-order valence-corrected chi connectivity index (χ4v) is 2.49. The van der Waals surface area contributed by atoms with Crippen molar-refractivity contribution >= 4 is 11.6 Å². The quantitative estimate of drug-likeness (QED) is 0.632. The molecule has 0 aromatic heterocycles. The molecule has 0 bridgehead atoms. The Bertz CT molecular complexity index is 301. The number of halogens is 1. The second kappa shape index (κ2) is 3.32. The van der Waals surface area contributed by atoms with Gasteiger partial charge in [-0.1, -0.05) is 42.8 Å². The lowest BCUT2D eigenvalue weighted by atomic mass is 9.89. The van der Waals surface area contributed by atoms with E-state index in [4.69, 9.17) is 11.6 Å². The van der Waals surface area contributed by atoms with E-state index in [1.54, 1.807) is 0 Å². The summed E-state index contributed by atoms with van der Waals surface area (Å²) in [5.41, 5.74) is 1.12. The molecule has 3 atom stereocenters. The third-order valence-electron chi connectivity index (χ3n) is 2.98. The van der Waals surface area contributed by atoms with Gasteiger partial charge in [-0.25, -0.2) is 0 Å². The first kappa shape index (κ1) is 9.04. The van der Waals surface area contributed by atoms with Crippen LogP contribution in [0.4, 0.5) is 0 Å². The van der Waals surface area contributed by atoms with Crippen LogP contribution in [-0.2, 0) is 0 Å². The van der Waals surface area contributed by atoms with Gasteiger partial charge in [-0.3, -0.25) is 0 Å². The lowest BCUT2D eigenvalue weighted by molar-refractivity contribution is 0.149. The Morgan fingerprint density at radius 1 is 1.46 bits per heavy atom. The van der Waals surface area contributed by atoms with Crippen molar-refractivity contribution in [2.45, 2.75) is 19.4 Å². The highest BCUT2D eigenvalue weighted by atomic mass is 35.5. The fourth-order valence-electron chi connectivity index (χ4n) is 2.09. The molecule has 3 unspecified atom stereocenters. The van der Waals surface area contributed by atoms with E-state index >= 15 is 0 Å². The summed E-state index contributed by atoms with van der Waals surface area (Å²) < 4.78 is 0. The number of hydrogen-bond acceptors (Lipinski definition) is 1. The summed E-state index contributed by atoms with van der Waals surface area (Å²) in [7, 11) is 0. The molecule has 0 radical (unpaired) electrons. The first-order chi connectivity index (χ1) is 6.22. The number of fused-ring (bicyclic) bond motifs is 1. The minimum absolute atomic E-state index is 0.245. The molecular weight excluding hydrogens is 184 g/mol. The smallest absolute Gasteiger partial charge is 0.0929 e. The molecule has 0 fully saturated rings. The molecule has 1 N–H and O–H groups in total. The van der Waals surface area contributed by atoms with Crippen LogP contribution >= 0.6 is 11.6 Å². The SMILES string of the molecule is CC1C(O)C(Cl)=C2C=CC=CCC21. The highest BCUT2D eigenvalue weighted by molar-refractivity contribution is 6.31. The van der Waals surface area contributed by atoms with Gasteiger partial charge in [0.1, 0.15) is 0 Å². The predicted molar refractivity (Wildman–Crippen MR) is 54.4 cm³/mol. The molecule has 13 heavy (non-hydrogen) atoms. The summed E-state index contributed by atoms with van der Waals surface area (Å²) in [5.74, 6) is 0.646. The summed E-state index contributed by atoms with van der Waals surface area (Å²) in [4.78, 5) is 0. The van der Waals surface area contributed by atoms with Gasteiger partial charge in [-0.2, -0.15) is 0 Å². The second-order valence-electron chi connectivity index (χ2n) is 3.74. The number of aliphatic hydroxyl groups excluding tert-OH is 1. The van der Waals surface area contributed by atoms with Crippen molar-refractivity contribution in [1.82, 2.24) is 0 Å². The van der Waals surface area contributed by atoms with E-state index in [0.29, 0.717) is 11.0 Å². The molecule has 0 saturated carbocycles.